The molecule has 2 heterocycles. The predicted molar refractivity (Wildman–Crippen MR) is 228 cm³/mol. The van der Waals surface area contributed by atoms with Gasteiger partial charge in [-0.1, -0.05) is 111 Å². The summed E-state index contributed by atoms with van der Waals surface area (Å²) in [5.41, 5.74) is 16.1. The molecule has 7 aromatic carbocycles. The second kappa shape index (κ2) is 11.7. The van der Waals surface area contributed by atoms with E-state index in [-0.39, 0.29) is 5.41 Å². The molecule has 0 amide bonds. The van der Waals surface area contributed by atoms with Gasteiger partial charge in [-0.25, -0.2) is 0 Å². The van der Waals surface area contributed by atoms with Gasteiger partial charge in [0, 0.05) is 55.4 Å². The molecule has 0 saturated heterocycles. The minimum atomic E-state index is -0.152. The van der Waals surface area contributed by atoms with Gasteiger partial charge in [-0.15, -0.1) is 0 Å². The van der Waals surface area contributed by atoms with Crippen LogP contribution in [0.3, 0.4) is 0 Å². The second-order valence-electron chi connectivity index (χ2n) is 15.3. The van der Waals surface area contributed by atoms with Crippen LogP contribution in [0.5, 0.6) is 0 Å². The standard InChI is InChI=1S/C51H39N3/c1-51(2)44-26-16-15-25-39(44)40-28-30-46-49(50(40)51)43-33-47-42(32-48(43)54(46)37-23-13-6-14-24-37)41-31-38(27-29-45(41)53(47)36-21-11-5-12-22-36)52(34-17-7-3-8-18-34)35-19-9-4-10-20-35/h3,5-9,11-33H,4,10H2,1-2H3. The Morgan fingerprint density at radius 1 is 0.500 bits per heavy atom. The van der Waals surface area contributed by atoms with Crippen LogP contribution >= 0.6 is 0 Å². The first-order valence-corrected chi connectivity index (χ1v) is 19.1. The van der Waals surface area contributed by atoms with Gasteiger partial charge in [0.25, 0.3) is 0 Å². The largest absolute Gasteiger partial charge is 0.311 e. The molecule has 2 aliphatic carbocycles. The fraction of sp³-hybridized carbons (Fsp3) is 0.0980. The summed E-state index contributed by atoms with van der Waals surface area (Å²) in [6.45, 7) is 4.80. The Hall–Kier alpha value is -6.58. The van der Waals surface area contributed by atoms with Crippen molar-refractivity contribution in [1.29, 1.82) is 0 Å². The third kappa shape index (κ3) is 4.42. The monoisotopic (exact) mass is 693 g/mol. The van der Waals surface area contributed by atoms with Crippen LogP contribution in [-0.4, -0.2) is 9.13 Å². The number of benzene rings is 7. The summed E-state index contributed by atoms with van der Waals surface area (Å²) in [7, 11) is 0. The summed E-state index contributed by atoms with van der Waals surface area (Å²) in [4.78, 5) is 2.41. The molecule has 54 heavy (non-hydrogen) atoms. The summed E-state index contributed by atoms with van der Waals surface area (Å²) in [5.74, 6) is 0. The molecule has 2 aliphatic rings. The number of aromatic nitrogens is 2. The van der Waals surface area contributed by atoms with Crippen LogP contribution in [0.25, 0.3) is 66.1 Å². The van der Waals surface area contributed by atoms with Crippen molar-refractivity contribution in [2.45, 2.75) is 32.1 Å². The lowest BCUT2D eigenvalue weighted by atomic mass is 9.80. The molecule has 0 N–H and O–H groups in total. The molecule has 3 heteroatoms. The highest BCUT2D eigenvalue weighted by Crippen LogP contribution is 2.54. The highest BCUT2D eigenvalue weighted by molar-refractivity contribution is 6.21. The third-order valence-electron chi connectivity index (χ3n) is 11.9. The van der Waals surface area contributed by atoms with Crippen molar-refractivity contribution in [3.8, 4) is 22.5 Å². The van der Waals surface area contributed by atoms with Gasteiger partial charge in [0.2, 0.25) is 0 Å². The minimum Gasteiger partial charge on any atom is -0.311 e. The van der Waals surface area contributed by atoms with E-state index in [1.807, 2.05) is 0 Å². The molecule has 3 nitrogen and oxygen atoms in total. The molecule has 2 aromatic heterocycles. The molecule has 0 atom stereocenters. The van der Waals surface area contributed by atoms with E-state index in [0.717, 1.165) is 29.9 Å². The first-order valence-electron chi connectivity index (χ1n) is 19.1. The number of fused-ring (bicyclic) bond motifs is 10. The molecule has 258 valence electrons. The summed E-state index contributed by atoms with van der Waals surface area (Å²) in [5, 5.41) is 5.09. The summed E-state index contributed by atoms with van der Waals surface area (Å²) in [6.07, 6.45) is 9.05. The van der Waals surface area contributed by atoms with Crippen molar-refractivity contribution in [3.63, 3.8) is 0 Å². The summed E-state index contributed by atoms with van der Waals surface area (Å²) >= 11 is 0. The molecule has 0 bridgehead atoms. The number of hydrogen-bond acceptors (Lipinski definition) is 1. The fourth-order valence-electron chi connectivity index (χ4n) is 9.52. The number of anilines is 2. The van der Waals surface area contributed by atoms with Crippen LogP contribution in [0.4, 0.5) is 11.4 Å². The van der Waals surface area contributed by atoms with E-state index in [0.29, 0.717) is 0 Å². The maximum absolute atomic E-state index is 2.49. The lowest BCUT2D eigenvalue weighted by Crippen LogP contribution is -2.16. The van der Waals surface area contributed by atoms with Crippen molar-refractivity contribution in [3.05, 3.63) is 193 Å². The van der Waals surface area contributed by atoms with Crippen LogP contribution in [0, 0.1) is 0 Å². The fourth-order valence-corrected chi connectivity index (χ4v) is 9.52. The molecular weight excluding hydrogens is 655 g/mol. The average Bonchev–Trinajstić information content (AvgIpc) is 3.80. The zero-order chi connectivity index (χ0) is 36.0. The Bertz CT molecular complexity index is 3000. The molecule has 0 spiro atoms. The normalized spacial score (nSPS) is 14.5. The van der Waals surface area contributed by atoms with Gasteiger partial charge in [-0.05, 0) is 114 Å². The van der Waals surface area contributed by atoms with E-state index >= 15 is 0 Å². The quantitative estimate of drug-likeness (QED) is 0.175. The van der Waals surface area contributed by atoms with Gasteiger partial charge >= 0.3 is 0 Å². The van der Waals surface area contributed by atoms with E-state index < -0.39 is 0 Å². The van der Waals surface area contributed by atoms with Gasteiger partial charge in [-0.2, -0.15) is 0 Å². The van der Waals surface area contributed by atoms with Crippen molar-refractivity contribution in [2.75, 3.05) is 4.90 Å². The number of nitrogens with zero attached hydrogens (tertiary/aromatic N) is 3. The summed E-state index contributed by atoms with van der Waals surface area (Å²) in [6, 6.07) is 58.2. The Morgan fingerprint density at radius 2 is 1.11 bits per heavy atom. The molecule has 0 saturated carbocycles. The van der Waals surface area contributed by atoms with Gasteiger partial charge in [0.15, 0.2) is 0 Å². The maximum atomic E-state index is 2.49. The topological polar surface area (TPSA) is 13.1 Å². The van der Waals surface area contributed by atoms with Crippen LogP contribution in [0.2, 0.25) is 0 Å². The zero-order valence-corrected chi connectivity index (χ0v) is 30.5. The van der Waals surface area contributed by atoms with Crippen molar-refractivity contribution in [1.82, 2.24) is 9.13 Å². The average molecular weight is 694 g/mol. The zero-order valence-electron chi connectivity index (χ0n) is 30.5. The predicted octanol–water partition coefficient (Wildman–Crippen LogP) is 13.6. The van der Waals surface area contributed by atoms with E-state index in [1.54, 1.807) is 0 Å². The van der Waals surface area contributed by atoms with E-state index in [9.17, 15) is 0 Å². The number of rotatable bonds is 5. The van der Waals surface area contributed by atoms with Gasteiger partial charge < -0.3 is 14.0 Å². The van der Waals surface area contributed by atoms with Crippen molar-refractivity contribution < 1.29 is 0 Å². The molecule has 0 unspecified atom stereocenters. The van der Waals surface area contributed by atoms with Crippen LogP contribution < -0.4 is 4.90 Å². The lowest BCUT2D eigenvalue weighted by Gasteiger charge is -2.27. The summed E-state index contributed by atoms with van der Waals surface area (Å²) < 4.78 is 4.96. The molecule has 11 rings (SSSR count). The van der Waals surface area contributed by atoms with Crippen LogP contribution in [-0.2, 0) is 5.41 Å². The molecule has 0 aliphatic heterocycles. The lowest BCUT2D eigenvalue weighted by molar-refractivity contribution is 0.666. The highest BCUT2D eigenvalue weighted by Gasteiger charge is 2.38. The van der Waals surface area contributed by atoms with Crippen molar-refractivity contribution >= 4 is 55.0 Å². The van der Waals surface area contributed by atoms with Gasteiger partial charge in [0.1, 0.15) is 0 Å². The third-order valence-corrected chi connectivity index (χ3v) is 11.9. The van der Waals surface area contributed by atoms with E-state index in [2.05, 4.69) is 204 Å². The Labute approximate surface area is 315 Å². The second-order valence-corrected chi connectivity index (χ2v) is 15.3. The molecular formula is C51H39N3. The first kappa shape index (κ1) is 31.0. The Balaban J connectivity index is 1.27. The van der Waals surface area contributed by atoms with Gasteiger partial charge in [-0.3, -0.25) is 0 Å². The molecule has 9 aromatic rings. The smallest absolute Gasteiger partial charge is 0.0548 e. The van der Waals surface area contributed by atoms with Crippen LogP contribution in [0.15, 0.2) is 182 Å². The number of para-hydroxylation sites is 3. The number of hydrogen-bond donors (Lipinski definition) is 0. The first-order chi connectivity index (χ1) is 26.6. The van der Waals surface area contributed by atoms with E-state index in [4.69, 9.17) is 0 Å². The van der Waals surface area contributed by atoms with E-state index in [1.165, 1.54) is 77.2 Å². The molecule has 0 fully saturated rings. The van der Waals surface area contributed by atoms with Crippen LogP contribution in [0.1, 0.15) is 37.8 Å². The Kier molecular flexibility index (Phi) is 6.72. The number of allylic oxidation sites excluding steroid dienone is 3. The Morgan fingerprint density at radius 3 is 1.83 bits per heavy atom. The molecule has 0 radical (unpaired) electrons. The highest BCUT2D eigenvalue weighted by atomic mass is 15.1. The minimum absolute atomic E-state index is 0.152. The SMILES string of the molecule is CC1(C)c2ccccc2-c2ccc3c(c21)c1cc2c(cc1n3-c1ccccc1)c1cc(N(C3=CCCC=C3)c3ccccc3)ccc1n2-c1ccccc1. The van der Waals surface area contributed by atoms with Gasteiger partial charge in [0.05, 0.1) is 22.1 Å². The van der Waals surface area contributed by atoms with Crippen molar-refractivity contribution in [2.24, 2.45) is 0 Å². The maximum Gasteiger partial charge on any atom is 0.0548 e.